The fourth-order valence-corrected chi connectivity index (χ4v) is 2.33. The van der Waals surface area contributed by atoms with Gasteiger partial charge >= 0.3 is 0 Å². The Kier molecular flexibility index (Phi) is 2.43. The zero-order valence-electron chi connectivity index (χ0n) is 4.54. The van der Waals surface area contributed by atoms with Gasteiger partial charge in [0.15, 0.2) is 0 Å². The van der Waals surface area contributed by atoms with Gasteiger partial charge in [0.1, 0.15) is 0 Å². The smallest absolute Gasteiger partial charge is 0.0219 e. The molecule has 1 heterocycles. The molecular formula is C6H8S2. The third kappa shape index (κ3) is 1.88. The molecule has 1 aliphatic heterocycles. The first-order chi connectivity index (χ1) is 3.89. The van der Waals surface area contributed by atoms with E-state index in [1.165, 1.54) is 0 Å². The fourth-order valence-electron chi connectivity index (χ4n) is 0.433. The number of allylic oxidation sites excluding steroid dienone is 2. The number of hydrogen-bond donors (Lipinski definition) is 0. The second kappa shape index (κ2) is 3.15. The molecule has 0 aliphatic carbocycles. The van der Waals surface area contributed by atoms with E-state index in [9.17, 15) is 0 Å². The predicted molar refractivity (Wildman–Crippen MR) is 45.5 cm³/mol. The zero-order chi connectivity index (χ0) is 5.82. The maximum atomic E-state index is 3.92. The molecule has 0 bridgehead atoms. The Labute approximate surface area is 56.0 Å². The highest BCUT2D eigenvalue weighted by molar-refractivity contribution is 8.84. The molecule has 0 aromatic carbocycles. The van der Waals surface area contributed by atoms with Crippen LogP contribution in [0.25, 0.3) is 0 Å². The lowest BCUT2D eigenvalue weighted by Crippen LogP contribution is -1.59. The summed E-state index contributed by atoms with van der Waals surface area (Å²) in [6.07, 6.45) is 6.29. The topological polar surface area (TPSA) is 0 Å². The van der Waals surface area contributed by atoms with E-state index >= 15 is 0 Å². The summed E-state index contributed by atoms with van der Waals surface area (Å²) in [6.45, 7) is 0. The van der Waals surface area contributed by atoms with Crippen LogP contribution in [-0.2, 0) is 0 Å². The highest BCUT2D eigenvalue weighted by atomic mass is 33.1. The lowest BCUT2D eigenvalue weighted by Gasteiger charge is -1.91. The van der Waals surface area contributed by atoms with Gasteiger partial charge in [0, 0.05) is 5.75 Å². The van der Waals surface area contributed by atoms with Crippen molar-refractivity contribution in [3.8, 4) is 0 Å². The first kappa shape index (κ1) is 6.17. The quantitative estimate of drug-likeness (QED) is 0.371. The van der Waals surface area contributed by atoms with E-state index < -0.39 is 0 Å². The Morgan fingerprint density at radius 1 is 1.50 bits per heavy atom. The molecule has 0 saturated carbocycles. The fraction of sp³-hybridized carbons (Fsp3) is 0.167. The van der Waals surface area contributed by atoms with Crippen LogP contribution in [0.4, 0.5) is 0 Å². The lowest BCUT2D eigenvalue weighted by molar-refractivity contribution is 1.78. The molecule has 1 aliphatic rings. The predicted octanol–water partition coefficient (Wildman–Crippen LogP) is 2.42. The van der Waals surface area contributed by atoms with Crippen molar-refractivity contribution >= 4 is 26.2 Å². The average Bonchev–Trinajstić information content (AvgIpc) is 1.94. The van der Waals surface area contributed by atoms with Crippen molar-refractivity contribution in [2.45, 2.75) is 0 Å². The van der Waals surface area contributed by atoms with Gasteiger partial charge in [-0.2, -0.15) is 0 Å². The summed E-state index contributed by atoms with van der Waals surface area (Å²) in [4.78, 5) is 0. The number of hydrogen-bond acceptors (Lipinski definition) is 1. The average molecular weight is 144 g/mol. The minimum absolute atomic E-state index is 0.216. The Morgan fingerprint density at radius 3 is 3.25 bits per heavy atom. The van der Waals surface area contributed by atoms with E-state index in [1.54, 1.807) is 0 Å². The minimum atomic E-state index is 0.216. The van der Waals surface area contributed by atoms with Crippen LogP contribution < -0.4 is 0 Å². The van der Waals surface area contributed by atoms with Gasteiger partial charge in [-0.25, -0.2) is 0 Å². The van der Waals surface area contributed by atoms with E-state index in [0.29, 0.717) is 0 Å². The first-order valence-electron chi connectivity index (χ1n) is 2.39. The van der Waals surface area contributed by atoms with Crippen molar-refractivity contribution < 1.29 is 0 Å². The summed E-state index contributed by atoms with van der Waals surface area (Å²) in [5.74, 6) is 5.03. The molecule has 0 saturated heterocycles. The van der Waals surface area contributed by atoms with Crippen molar-refractivity contribution in [1.82, 2.24) is 0 Å². The molecule has 0 fully saturated rings. The molecule has 0 aromatic heterocycles. The van der Waals surface area contributed by atoms with E-state index in [2.05, 4.69) is 29.5 Å². The highest BCUT2D eigenvalue weighted by Gasteiger charge is 1.86. The van der Waals surface area contributed by atoms with Crippen LogP contribution in [0.15, 0.2) is 23.6 Å². The molecular weight excluding hydrogens is 136 g/mol. The zero-order valence-corrected chi connectivity index (χ0v) is 6.17. The monoisotopic (exact) mass is 144 g/mol. The van der Waals surface area contributed by atoms with Crippen molar-refractivity contribution in [3.05, 3.63) is 23.6 Å². The summed E-state index contributed by atoms with van der Waals surface area (Å²) >= 11 is 0. The van der Waals surface area contributed by atoms with Gasteiger partial charge in [-0.3, -0.25) is 0 Å². The Morgan fingerprint density at radius 2 is 2.38 bits per heavy atom. The molecule has 44 valence electrons. The van der Waals surface area contributed by atoms with Crippen molar-refractivity contribution in [3.63, 3.8) is 0 Å². The third-order valence-electron chi connectivity index (χ3n) is 0.793. The molecule has 0 aromatic rings. The highest BCUT2D eigenvalue weighted by Crippen LogP contribution is 2.30. The van der Waals surface area contributed by atoms with E-state index in [0.717, 1.165) is 5.75 Å². The Bertz CT molecular complexity index is 145. The van der Waals surface area contributed by atoms with E-state index in [1.807, 2.05) is 10.8 Å². The first-order valence-corrected chi connectivity index (χ1v) is 5.35. The van der Waals surface area contributed by atoms with Gasteiger partial charge in [0.05, 0.1) is 0 Å². The molecule has 0 nitrogen and oxygen atoms in total. The van der Waals surface area contributed by atoms with Crippen molar-refractivity contribution in [1.29, 1.82) is 0 Å². The summed E-state index contributed by atoms with van der Waals surface area (Å²) < 4.78 is 0. The summed E-state index contributed by atoms with van der Waals surface area (Å²) in [5.41, 5.74) is 0. The molecule has 0 amide bonds. The van der Waals surface area contributed by atoms with Crippen molar-refractivity contribution in [2.75, 3.05) is 5.75 Å². The standard InChI is InChI=1S/C6H8S2/c1-8-6-4-2-3-5-7-8/h2-4,6H,1,5H2. The maximum absolute atomic E-state index is 3.92. The molecule has 8 heavy (non-hydrogen) atoms. The molecule has 1 unspecified atom stereocenters. The van der Waals surface area contributed by atoms with Crippen LogP contribution in [0.5, 0.6) is 0 Å². The van der Waals surface area contributed by atoms with Gasteiger partial charge in [0.25, 0.3) is 0 Å². The van der Waals surface area contributed by atoms with Gasteiger partial charge in [-0.05, 0) is 5.41 Å². The minimum Gasteiger partial charge on any atom is -0.111 e. The van der Waals surface area contributed by atoms with Gasteiger partial charge in [-0.15, -0.1) is 9.52 Å². The largest absolute Gasteiger partial charge is 0.111 e. The SMILES string of the molecule is C=S1C=CC=CCS1. The van der Waals surface area contributed by atoms with Crippen LogP contribution in [-0.4, -0.2) is 11.6 Å². The van der Waals surface area contributed by atoms with Crippen molar-refractivity contribution in [2.24, 2.45) is 0 Å². The molecule has 0 N–H and O–H groups in total. The molecule has 0 spiro atoms. The summed E-state index contributed by atoms with van der Waals surface area (Å²) in [6, 6.07) is 0. The third-order valence-corrected chi connectivity index (χ3v) is 3.53. The number of rotatable bonds is 0. The van der Waals surface area contributed by atoms with Gasteiger partial charge < -0.3 is 0 Å². The second-order valence-electron chi connectivity index (χ2n) is 1.42. The lowest BCUT2D eigenvalue weighted by atomic mass is 10.5. The summed E-state index contributed by atoms with van der Waals surface area (Å²) in [7, 11) is 2.10. The molecule has 1 rings (SSSR count). The van der Waals surface area contributed by atoms with Crippen LogP contribution >= 0.6 is 20.3 Å². The maximum Gasteiger partial charge on any atom is 0.0219 e. The Hall–Kier alpha value is 0.0500. The van der Waals surface area contributed by atoms with E-state index in [-0.39, 0.29) is 9.52 Å². The van der Waals surface area contributed by atoms with Crippen LogP contribution in [0.1, 0.15) is 0 Å². The molecule has 1 atom stereocenters. The van der Waals surface area contributed by atoms with Crippen LogP contribution in [0, 0.1) is 0 Å². The normalized spacial score (nSPS) is 27.8. The molecule has 2 heteroatoms. The van der Waals surface area contributed by atoms with Crippen LogP contribution in [0.3, 0.4) is 0 Å². The Balaban J connectivity index is 2.58. The molecule has 0 radical (unpaired) electrons. The second-order valence-corrected chi connectivity index (χ2v) is 5.02. The van der Waals surface area contributed by atoms with Gasteiger partial charge in [-0.1, -0.05) is 34.9 Å². The van der Waals surface area contributed by atoms with Gasteiger partial charge in [0.2, 0.25) is 0 Å². The van der Waals surface area contributed by atoms with E-state index in [4.69, 9.17) is 0 Å². The summed E-state index contributed by atoms with van der Waals surface area (Å²) in [5, 5.41) is 2.13. The van der Waals surface area contributed by atoms with Crippen LogP contribution in [0.2, 0.25) is 0 Å².